The maximum Gasteiger partial charge on any atom is 0.123 e. The first-order valence-corrected chi connectivity index (χ1v) is 5.14. The topological polar surface area (TPSA) is 30.5 Å². The van der Waals surface area contributed by atoms with Gasteiger partial charge in [0.25, 0.3) is 0 Å². The zero-order valence-electron chi connectivity index (χ0n) is 9.62. The number of benzene rings is 1. The van der Waals surface area contributed by atoms with E-state index in [0.717, 1.165) is 18.9 Å². The van der Waals surface area contributed by atoms with Crippen LogP contribution in [-0.2, 0) is 4.74 Å². The minimum absolute atomic E-state index is 0.274. The monoisotopic (exact) mass is 209 g/mol. The molecule has 1 aromatic carbocycles. The first kappa shape index (κ1) is 12.0. The Morgan fingerprint density at radius 1 is 1.27 bits per heavy atom. The molecule has 0 saturated heterocycles. The van der Waals surface area contributed by atoms with Crippen molar-refractivity contribution in [2.45, 2.75) is 13.0 Å². The summed E-state index contributed by atoms with van der Waals surface area (Å²) in [5.74, 6) is 0.926. The van der Waals surface area contributed by atoms with Gasteiger partial charge in [-0.05, 0) is 13.0 Å². The number of para-hydroxylation sites is 1. The van der Waals surface area contributed by atoms with Crippen LogP contribution in [0.3, 0.4) is 0 Å². The van der Waals surface area contributed by atoms with Gasteiger partial charge in [0.15, 0.2) is 0 Å². The molecule has 0 saturated carbocycles. The molecular formula is C12H19NO2. The van der Waals surface area contributed by atoms with E-state index in [1.54, 1.807) is 14.2 Å². The summed E-state index contributed by atoms with van der Waals surface area (Å²) in [6.45, 7) is 3.68. The smallest absolute Gasteiger partial charge is 0.123 e. The van der Waals surface area contributed by atoms with Gasteiger partial charge in [0.05, 0.1) is 13.7 Å². The second-order valence-electron chi connectivity index (χ2n) is 3.41. The molecule has 15 heavy (non-hydrogen) atoms. The molecule has 0 fully saturated rings. The molecule has 1 atom stereocenters. The van der Waals surface area contributed by atoms with Crippen molar-refractivity contribution in [3.8, 4) is 5.75 Å². The van der Waals surface area contributed by atoms with Gasteiger partial charge in [0.2, 0.25) is 0 Å². The predicted octanol–water partition coefficient (Wildman–Crippen LogP) is 1.99. The van der Waals surface area contributed by atoms with Crippen LogP contribution in [0.15, 0.2) is 24.3 Å². The highest BCUT2D eigenvalue weighted by Gasteiger charge is 2.09. The molecule has 1 aromatic rings. The Kier molecular flexibility index (Phi) is 5.15. The highest BCUT2D eigenvalue weighted by molar-refractivity contribution is 5.35. The number of ether oxygens (including phenoxy) is 2. The average molecular weight is 209 g/mol. The Morgan fingerprint density at radius 2 is 2.00 bits per heavy atom. The Hall–Kier alpha value is -1.06. The van der Waals surface area contributed by atoms with Crippen molar-refractivity contribution in [3.05, 3.63) is 29.8 Å². The van der Waals surface area contributed by atoms with Crippen molar-refractivity contribution in [2.75, 3.05) is 27.4 Å². The third kappa shape index (κ3) is 3.53. The number of methoxy groups -OCH3 is 2. The molecular weight excluding hydrogens is 190 g/mol. The van der Waals surface area contributed by atoms with E-state index in [4.69, 9.17) is 9.47 Å². The molecule has 0 aliphatic heterocycles. The fourth-order valence-electron chi connectivity index (χ4n) is 1.51. The largest absolute Gasteiger partial charge is 0.496 e. The molecule has 0 heterocycles. The van der Waals surface area contributed by atoms with Gasteiger partial charge >= 0.3 is 0 Å². The lowest BCUT2D eigenvalue weighted by Crippen LogP contribution is -2.23. The van der Waals surface area contributed by atoms with E-state index < -0.39 is 0 Å². The Bertz CT molecular complexity index is 289. The average Bonchev–Trinajstić information content (AvgIpc) is 2.29. The molecule has 84 valence electrons. The van der Waals surface area contributed by atoms with Crippen molar-refractivity contribution in [1.82, 2.24) is 5.32 Å². The molecule has 0 aliphatic carbocycles. The summed E-state index contributed by atoms with van der Waals surface area (Å²) in [4.78, 5) is 0. The van der Waals surface area contributed by atoms with Crippen LogP contribution in [0, 0.1) is 0 Å². The second-order valence-corrected chi connectivity index (χ2v) is 3.41. The summed E-state index contributed by atoms with van der Waals surface area (Å²) < 4.78 is 10.3. The van der Waals surface area contributed by atoms with Crippen LogP contribution in [0.5, 0.6) is 5.75 Å². The Balaban J connectivity index is 2.59. The number of rotatable bonds is 6. The van der Waals surface area contributed by atoms with Gasteiger partial charge in [-0.25, -0.2) is 0 Å². The molecule has 0 amide bonds. The van der Waals surface area contributed by atoms with Crippen LogP contribution in [0.2, 0.25) is 0 Å². The van der Waals surface area contributed by atoms with Gasteiger partial charge in [-0.15, -0.1) is 0 Å². The van der Waals surface area contributed by atoms with Crippen LogP contribution in [-0.4, -0.2) is 27.4 Å². The highest BCUT2D eigenvalue weighted by atomic mass is 16.5. The van der Waals surface area contributed by atoms with E-state index in [1.807, 2.05) is 18.2 Å². The number of hydrogen-bond acceptors (Lipinski definition) is 3. The minimum Gasteiger partial charge on any atom is -0.496 e. The molecule has 0 aliphatic rings. The number of hydrogen-bond donors (Lipinski definition) is 1. The van der Waals surface area contributed by atoms with Gasteiger partial charge in [-0.1, -0.05) is 18.2 Å². The molecule has 1 unspecified atom stereocenters. The van der Waals surface area contributed by atoms with Crippen LogP contribution >= 0.6 is 0 Å². The lowest BCUT2D eigenvalue weighted by Gasteiger charge is -2.16. The van der Waals surface area contributed by atoms with E-state index in [9.17, 15) is 0 Å². The quantitative estimate of drug-likeness (QED) is 0.727. The van der Waals surface area contributed by atoms with Crippen molar-refractivity contribution in [2.24, 2.45) is 0 Å². The van der Waals surface area contributed by atoms with E-state index in [-0.39, 0.29) is 6.04 Å². The molecule has 0 bridgehead atoms. The van der Waals surface area contributed by atoms with Crippen molar-refractivity contribution in [3.63, 3.8) is 0 Å². The first-order chi connectivity index (χ1) is 7.29. The summed E-state index contributed by atoms with van der Waals surface area (Å²) in [7, 11) is 3.40. The lowest BCUT2D eigenvalue weighted by molar-refractivity contribution is 0.196. The molecule has 3 heteroatoms. The molecule has 1 N–H and O–H groups in total. The van der Waals surface area contributed by atoms with Gasteiger partial charge in [-0.2, -0.15) is 0 Å². The maximum absolute atomic E-state index is 5.30. The predicted molar refractivity (Wildman–Crippen MR) is 61.3 cm³/mol. The van der Waals surface area contributed by atoms with Crippen LogP contribution in [0.1, 0.15) is 18.5 Å². The SMILES string of the molecule is COCCNC(C)c1ccccc1OC. The minimum atomic E-state index is 0.274. The normalized spacial score (nSPS) is 12.5. The molecule has 0 spiro atoms. The van der Waals surface area contributed by atoms with Crippen molar-refractivity contribution >= 4 is 0 Å². The summed E-state index contributed by atoms with van der Waals surface area (Å²) in [5, 5.41) is 3.37. The van der Waals surface area contributed by atoms with E-state index >= 15 is 0 Å². The summed E-state index contributed by atoms with van der Waals surface area (Å²) in [6.07, 6.45) is 0. The fraction of sp³-hybridized carbons (Fsp3) is 0.500. The summed E-state index contributed by atoms with van der Waals surface area (Å²) >= 11 is 0. The van der Waals surface area contributed by atoms with Crippen molar-refractivity contribution in [1.29, 1.82) is 0 Å². The number of nitrogens with one attached hydrogen (secondary N) is 1. The zero-order valence-corrected chi connectivity index (χ0v) is 9.62. The van der Waals surface area contributed by atoms with Crippen LogP contribution < -0.4 is 10.1 Å². The van der Waals surface area contributed by atoms with Gasteiger partial charge in [0, 0.05) is 25.3 Å². The van der Waals surface area contributed by atoms with E-state index in [0.29, 0.717) is 0 Å². The van der Waals surface area contributed by atoms with Crippen LogP contribution in [0.4, 0.5) is 0 Å². The summed E-state index contributed by atoms with van der Waals surface area (Å²) in [5.41, 5.74) is 1.18. The summed E-state index contributed by atoms with van der Waals surface area (Å²) in [6, 6.07) is 8.32. The molecule has 0 aromatic heterocycles. The third-order valence-corrected chi connectivity index (χ3v) is 2.36. The van der Waals surface area contributed by atoms with Crippen molar-refractivity contribution < 1.29 is 9.47 Å². The maximum atomic E-state index is 5.30. The Morgan fingerprint density at radius 3 is 2.67 bits per heavy atom. The second kappa shape index (κ2) is 6.43. The molecule has 3 nitrogen and oxygen atoms in total. The van der Waals surface area contributed by atoms with E-state index in [2.05, 4.69) is 18.3 Å². The molecule has 0 radical (unpaired) electrons. The third-order valence-electron chi connectivity index (χ3n) is 2.36. The van der Waals surface area contributed by atoms with Crippen LogP contribution in [0.25, 0.3) is 0 Å². The standard InChI is InChI=1S/C12H19NO2/c1-10(13-8-9-14-2)11-6-4-5-7-12(11)15-3/h4-7,10,13H,8-9H2,1-3H3. The lowest BCUT2D eigenvalue weighted by atomic mass is 10.1. The fourth-order valence-corrected chi connectivity index (χ4v) is 1.51. The Labute approximate surface area is 91.4 Å². The highest BCUT2D eigenvalue weighted by Crippen LogP contribution is 2.23. The van der Waals surface area contributed by atoms with Gasteiger partial charge in [-0.3, -0.25) is 0 Å². The van der Waals surface area contributed by atoms with Gasteiger partial charge in [0.1, 0.15) is 5.75 Å². The molecule has 1 rings (SSSR count). The van der Waals surface area contributed by atoms with E-state index in [1.165, 1.54) is 5.56 Å². The van der Waals surface area contributed by atoms with Gasteiger partial charge < -0.3 is 14.8 Å². The zero-order chi connectivity index (χ0) is 11.1. The first-order valence-electron chi connectivity index (χ1n) is 5.14.